The molecule has 0 amide bonds. The molecule has 26 valence electrons. The minimum absolute atomic E-state index is 0. The van der Waals surface area contributed by atoms with E-state index in [1.807, 2.05) is 0 Å². The van der Waals surface area contributed by atoms with E-state index in [-0.39, 0.29) is 71.7 Å². The van der Waals surface area contributed by atoms with E-state index in [1.54, 1.807) is 0 Å². The van der Waals surface area contributed by atoms with Crippen LogP contribution in [-0.2, 0) is 0 Å². The van der Waals surface area contributed by atoms with Gasteiger partial charge < -0.3 is 15.1 Å². The van der Waals surface area contributed by atoms with Crippen molar-refractivity contribution in [3.63, 3.8) is 0 Å². The smallest absolute Gasteiger partial charge is 0.907 e. The molecule has 0 aromatic carbocycles. The second kappa shape index (κ2) is 10.3. The van der Waals surface area contributed by atoms with Gasteiger partial charge in [0.2, 0.25) is 0 Å². The van der Waals surface area contributed by atoms with E-state index in [0.717, 1.165) is 0 Å². The zero-order chi connectivity index (χ0) is 3.58. The van der Waals surface area contributed by atoms with Crippen molar-refractivity contribution in [1.29, 1.82) is 0 Å². The molecule has 6 heteroatoms. The number of rotatable bonds is 0. The summed E-state index contributed by atoms with van der Waals surface area (Å²) in [6, 6.07) is 0. The zero-order valence-electron chi connectivity index (χ0n) is 2.96. The second-order valence-electron chi connectivity index (χ2n) is 0.289. The minimum atomic E-state index is -2.92. The molecular weight excluding hydrogens is 355 g/mol. The van der Waals surface area contributed by atoms with Crippen LogP contribution in [0.1, 0.15) is 0 Å². The van der Waals surface area contributed by atoms with Crippen LogP contribution in [0.15, 0.2) is 0 Å². The summed E-state index contributed by atoms with van der Waals surface area (Å²) < 4.78 is 0. The maximum atomic E-state index is 8.42. The molecule has 0 bridgehead atoms. The number of hydrogen-bond donors (Lipinski definition) is 0. The molecule has 0 saturated carbocycles. The Morgan fingerprint density at radius 1 is 1.00 bits per heavy atom. The van der Waals surface area contributed by atoms with Crippen molar-refractivity contribution in [3.8, 4) is 0 Å². The summed E-state index contributed by atoms with van der Waals surface area (Å²) in [6.07, 6.45) is 0. The van der Waals surface area contributed by atoms with Crippen molar-refractivity contribution in [1.82, 2.24) is 0 Å². The third kappa shape index (κ3) is 33.4. The molecule has 0 aromatic rings. The molecule has 0 N–H and O–H groups in total. The number of hydrogen-bond acceptors (Lipinski definition) is 3. The summed E-state index contributed by atoms with van der Waals surface area (Å²) in [6.45, 7) is 0. The Hall–Kier alpha value is 2.31. The molecule has 0 saturated heterocycles. The van der Waals surface area contributed by atoms with Gasteiger partial charge in [0.15, 0.2) is 0 Å². The van der Waals surface area contributed by atoms with Crippen LogP contribution in [0.3, 0.4) is 0 Å². The van der Waals surface area contributed by atoms with Gasteiger partial charge in [-0.2, -0.15) is 0 Å². The van der Waals surface area contributed by atoms with Crippen molar-refractivity contribution in [2.75, 3.05) is 0 Å². The molecule has 6 heavy (non-hydrogen) atoms. The largest absolute Gasteiger partial charge is 3.00 e. The fraction of sp³-hybridized carbons (Fsp3) is 0. The average Bonchev–Trinajstić information content (AvgIpc) is 0.811. The normalized spacial score (nSPS) is 4.50. The van der Waals surface area contributed by atoms with Gasteiger partial charge in [0.1, 0.15) is 0 Å². The van der Waals surface area contributed by atoms with E-state index >= 15 is 0 Å². The molecule has 0 atom stereocenters. The van der Waals surface area contributed by atoms with Crippen molar-refractivity contribution >= 4 is 79.0 Å². The van der Waals surface area contributed by atoms with E-state index in [1.165, 1.54) is 0 Å². The quantitative estimate of drug-likeness (QED) is 0.410. The van der Waals surface area contributed by atoms with Crippen molar-refractivity contribution < 1.29 is 15.1 Å². The van der Waals surface area contributed by atoms with Gasteiger partial charge in [0.05, 0.1) is 0 Å². The van der Waals surface area contributed by atoms with Crippen molar-refractivity contribution in [2.24, 2.45) is 0 Å². The summed E-state index contributed by atoms with van der Waals surface area (Å²) in [4.78, 5) is 0. The summed E-state index contributed by atoms with van der Waals surface area (Å²) >= 11 is 0. The van der Waals surface area contributed by atoms with Crippen LogP contribution in [0, 0.1) is 0 Å². The Kier molecular flexibility index (Phi) is 27.1. The van der Waals surface area contributed by atoms with E-state index in [9.17, 15) is 0 Å². The van der Waals surface area contributed by atoms with Crippen LogP contribution >= 0.6 is 0 Å². The molecule has 0 heterocycles. The fourth-order valence-electron chi connectivity index (χ4n) is 0. The van der Waals surface area contributed by atoms with Gasteiger partial charge in [-0.3, -0.25) is 7.32 Å². The first-order valence-electron chi connectivity index (χ1n) is 0.707. The minimum Gasteiger partial charge on any atom is -0.907 e. The van der Waals surface area contributed by atoms with Crippen LogP contribution in [0.2, 0.25) is 0 Å². The Balaban J connectivity index is -0.0000000450. The van der Waals surface area contributed by atoms with Gasteiger partial charge in [0.25, 0.3) is 0 Å². The molecule has 0 unspecified atom stereocenters. The van der Waals surface area contributed by atoms with Crippen molar-refractivity contribution in [3.05, 3.63) is 0 Å². The van der Waals surface area contributed by atoms with E-state index in [0.29, 0.717) is 0 Å². The van der Waals surface area contributed by atoms with Gasteiger partial charge in [-0.25, -0.2) is 0 Å². The average molecular weight is 355 g/mol. The maximum absolute atomic E-state index is 8.42. The first kappa shape index (κ1) is 15.7. The van der Waals surface area contributed by atoms with Gasteiger partial charge in [0, 0.05) is 0 Å². The maximum Gasteiger partial charge on any atom is 3.00 e. The summed E-state index contributed by atoms with van der Waals surface area (Å²) in [5.74, 6) is 0. The molecule has 0 aliphatic heterocycles. The third-order valence-electron chi connectivity index (χ3n) is 0. The van der Waals surface area contributed by atoms with E-state index < -0.39 is 7.32 Å². The van der Waals surface area contributed by atoms with E-state index in [4.69, 9.17) is 15.1 Å². The Bertz CT molecular complexity index is 15.5. The van der Waals surface area contributed by atoms with Gasteiger partial charge in [-0.05, 0) is 0 Å². The van der Waals surface area contributed by atoms with Crippen LogP contribution in [0.5, 0.6) is 0 Å². The topological polar surface area (TPSA) is 69.2 Å². The first-order valence-corrected chi connectivity index (χ1v) is 0.707. The van der Waals surface area contributed by atoms with Crippen molar-refractivity contribution in [2.45, 2.75) is 0 Å². The first-order chi connectivity index (χ1) is 1.73. The fourth-order valence-corrected chi connectivity index (χ4v) is 0. The Morgan fingerprint density at radius 3 is 1.00 bits per heavy atom. The molecule has 3 nitrogen and oxygen atoms in total. The summed E-state index contributed by atoms with van der Waals surface area (Å²) in [5, 5.41) is 25.2. The van der Waals surface area contributed by atoms with Gasteiger partial charge in [-0.15, -0.1) is 0 Å². The molecule has 0 spiro atoms. The molecule has 0 fully saturated rings. The zero-order valence-corrected chi connectivity index (χ0v) is 9.91. The van der Waals surface area contributed by atoms with Crippen LogP contribution in [0.4, 0.5) is 0 Å². The SMILES string of the molecule is [Bi+3].[O-]B([O-])[O-].[Sr+2]. The molecule has 0 rings (SSSR count). The summed E-state index contributed by atoms with van der Waals surface area (Å²) in [7, 11) is -2.92. The van der Waals surface area contributed by atoms with Crippen LogP contribution in [-0.4, -0.2) is 79.0 Å². The Morgan fingerprint density at radius 2 is 1.00 bits per heavy atom. The molecule has 0 aromatic heterocycles. The van der Waals surface area contributed by atoms with Crippen LogP contribution < -0.4 is 15.1 Å². The van der Waals surface area contributed by atoms with E-state index in [2.05, 4.69) is 0 Å². The monoisotopic (exact) mass is 356 g/mol. The summed E-state index contributed by atoms with van der Waals surface area (Å²) in [5.41, 5.74) is 0. The predicted octanol–water partition coefficient (Wildman–Crippen LogP) is -4.71. The molecular formula is BBiO3Sr+2. The molecule has 0 aliphatic carbocycles. The standard InChI is InChI=1S/BO3.Bi.Sr/c2-1(3)4;;/q-3;+3;+2. The molecule has 0 aliphatic rings. The molecule has 2 radical (unpaired) electrons. The predicted molar refractivity (Wildman–Crippen MR) is 17.3 cm³/mol. The van der Waals surface area contributed by atoms with Gasteiger partial charge in [-0.1, -0.05) is 0 Å². The third-order valence-corrected chi connectivity index (χ3v) is 0. The van der Waals surface area contributed by atoms with Crippen LogP contribution in [0.25, 0.3) is 0 Å². The Labute approximate surface area is 92.3 Å². The van der Waals surface area contributed by atoms with Gasteiger partial charge >= 0.3 is 71.7 Å². The second-order valence-corrected chi connectivity index (χ2v) is 0.289.